The van der Waals surface area contributed by atoms with Crippen LogP contribution in [0.4, 0.5) is 24.5 Å². The van der Waals surface area contributed by atoms with E-state index in [1.54, 1.807) is 6.07 Å². The molecule has 0 radical (unpaired) electrons. The molecule has 1 aliphatic heterocycles. The second-order valence-electron chi connectivity index (χ2n) is 7.24. The van der Waals surface area contributed by atoms with Crippen molar-refractivity contribution in [2.45, 2.75) is 56.0 Å². The number of nitrogens with one attached hydrogen (secondary N) is 1. The molecule has 1 aliphatic carbocycles. The zero-order chi connectivity index (χ0) is 21.5. The molecule has 1 saturated carbocycles. The number of hydrogen-bond acceptors (Lipinski definition) is 5. The van der Waals surface area contributed by atoms with E-state index in [1.807, 2.05) is 11.5 Å². The van der Waals surface area contributed by atoms with E-state index in [0.29, 0.717) is 22.5 Å². The van der Waals surface area contributed by atoms with E-state index in [4.69, 9.17) is 0 Å². The number of hydrogen-bond donors (Lipinski definition) is 1. The highest BCUT2D eigenvalue weighted by atomic mass is 32.2. The normalized spacial score (nSPS) is 19.3. The molecule has 2 aliphatic rings. The molecule has 1 atom stereocenters. The summed E-state index contributed by atoms with van der Waals surface area (Å²) in [5.41, 5.74) is 0.215. The molecule has 1 aromatic carbocycles. The van der Waals surface area contributed by atoms with Crippen molar-refractivity contribution in [1.82, 2.24) is 14.8 Å². The van der Waals surface area contributed by atoms with Gasteiger partial charge < -0.3 is 9.88 Å². The Kier molecular flexibility index (Phi) is 5.48. The summed E-state index contributed by atoms with van der Waals surface area (Å²) >= 11 is 1.06. The first-order chi connectivity index (χ1) is 14.3. The van der Waals surface area contributed by atoms with Crippen molar-refractivity contribution < 1.29 is 22.8 Å². The van der Waals surface area contributed by atoms with Gasteiger partial charge in [-0.3, -0.25) is 14.5 Å². The number of anilines is 2. The molecule has 30 heavy (non-hydrogen) atoms. The van der Waals surface area contributed by atoms with E-state index < -0.39 is 30.5 Å². The molecular weight excluding hydrogens is 419 g/mol. The summed E-state index contributed by atoms with van der Waals surface area (Å²) in [6, 6.07) is 3.78. The third-order valence-electron chi connectivity index (χ3n) is 5.10. The van der Waals surface area contributed by atoms with Crippen LogP contribution in [0.5, 0.6) is 0 Å². The quantitative estimate of drug-likeness (QED) is 0.721. The van der Waals surface area contributed by atoms with Crippen molar-refractivity contribution in [2.24, 2.45) is 0 Å². The van der Waals surface area contributed by atoms with Gasteiger partial charge in [-0.1, -0.05) is 23.9 Å². The number of thioether (sulfide) groups is 1. The minimum absolute atomic E-state index is 0.0342. The first kappa shape index (κ1) is 20.7. The van der Waals surface area contributed by atoms with E-state index >= 15 is 0 Å². The van der Waals surface area contributed by atoms with Crippen molar-refractivity contribution >= 4 is 35.0 Å². The Morgan fingerprint density at radius 3 is 2.67 bits per heavy atom. The van der Waals surface area contributed by atoms with E-state index in [1.165, 1.54) is 18.2 Å². The van der Waals surface area contributed by atoms with E-state index in [0.717, 1.165) is 30.4 Å². The first-order valence-corrected chi connectivity index (χ1v) is 10.6. The summed E-state index contributed by atoms with van der Waals surface area (Å²) in [5.74, 6) is -0.558. The third-order valence-corrected chi connectivity index (χ3v) is 6.06. The van der Waals surface area contributed by atoms with Crippen LogP contribution in [0.15, 0.2) is 29.4 Å². The summed E-state index contributed by atoms with van der Waals surface area (Å²) in [5, 5.41) is 11.3. The van der Waals surface area contributed by atoms with Crippen molar-refractivity contribution in [3.05, 3.63) is 30.1 Å². The van der Waals surface area contributed by atoms with Crippen LogP contribution in [0.1, 0.15) is 37.9 Å². The lowest BCUT2D eigenvalue weighted by molar-refractivity contribution is -0.157. The second kappa shape index (κ2) is 7.93. The molecule has 2 amide bonds. The average molecular weight is 439 g/mol. The van der Waals surface area contributed by atoms with Crippen LogP contribution in [-0.4, -0.2) is 44.5 Å². The number of aromatic nitrogens is 3. The zero-order valence-corrected chi connectivity index (χ0v) is 17.0. The van der Waals surface area contributed by atoms with Crippen LogP contribution in [0.25, 0.3) is 0 Å². The number of carbonyl (C=O) groups is 2. The first-order valence-electron chi connectivity index (χ1n) is 9.63. The Hall–Kier alpha value is -2.56. The predicted molar refractivity (Wildman–Crippen MR) is 105 cm³/mol. The molecule has 0 saturated heterocycles. The number of nitrogens with zero attached hydrogens (tertiary/aromatic N) is 4. The summed E-state index contributed by atoms with van der Waals surface area (Å²) < 4.78 is 43.2. The lowest BCUT2D eigenvalue weighted by Gasteiger charge is -2.31. The predicted octanol–water partition coefficient (Wildman–Crippen LogP) is 3.57. The van der Waals surface area contributed by atoms with Crippen LogP contribution in [0, 0.1) is 0 Å². The fourth-order valence-corrected chi connectivity index (χ4v) is 4.41. The van der Waals surface area contributed by atoms with Gasteiger partial charge in [-0.15, -0.1) is 10.2 Å². The van der Waals surface area contributed by atoms with Gasteiger partial charge in [0.05, 0.1) is 23.5 Å². The Bertz CT molecular complexity index is 973. The van der Waals surface area contributed by atoms with Crippen molar-refractivity contribution in [2.75, 3.05) is 16.0 Å². The zero-order valence-electron chi connectivity index (χ0n) is 16.1. The summed E-state index contributed by atoms with van der Waals surface area (Å²) in [6.07, 6.45) is -3.52. The fourth-order valence-electron chi connectivity index (χ4n) is 3.54. The minimum Gasteiger partial charge on any atom is -0.324 e. The molecule has 2 aromatic rings. The molecular formula is C19H20F3N5O2S. The van der Waals surface area contributed by atoms with E-state index in [2.05, 4.69) is 15.5 Å². The summed E-state index contributed by atoms with van der Waals surface area (Å²) in [7, 11) is 0. The molecule has 1 aromatic heterocycles. The third kappa shape index (κ3) is 4.03. The number of rotatable bonds is 5. The highest BCUT2D eigenvalue weighted by molar-refractivity contribution is 7.99. The topological polar surface area (TPSA) is 80.1 Å². The van der Waals surface area contributed by atoms with Crippen LogP contribution in [-0.2, 0) is 16.1 Å². The lowest BCUT2D eigenvalue weighted by atomic mass is 10.1. The Morgan fingerprint density at radius 1 is 1.27 bits per heavy atom. The van der Waals surface area contributed by atoms with Gasteiger partial charge in [0.2, 0.25) is 11.8 Å². The van der Waals surface area contributed by atoms with Crippen molar-refractivity contribution in [1.29, 1.82) is 0 Å². The van der Waals surface area contributed by atoms with Gasteiger partial charge in [0, 0.05) is 12.5 Å². The molecule has 0 unspecified atom stereocenters. The van der Waals surface area contributed by atoms with Crippen LogP contribution in [0.2, 0.25) is 0 Å². The largest absolute Gasteiger partial charge is 0.409 e. The highest BCUT2D eigenvalue weighted by Crippen LogP contribution is 2.41. The van der Waals surface area contributed by atoms with Gasteiger partial charge in [0.1, 0.15) is 11.9 Å². The smallest absolute Gasteiger partial charge is 0.324 e. The molecule has 2 heterocycles. The Labute approximate surface area is 175 Å². The van der Waals surface area contributed by atoms with Crippen LogP contribution >= 0.6 is 11.8 Å². The maximum Gasteiger partial charge on any atom is 0.409 e. The molecule has 160 valence electrons. The minimum atomic E-state index is -4.75. The van der Waals surface area contributed by atoms with Crippen molar-refractivity contribution in [3.8, 4) is 0 Å². The Balaban J connectivity index is 1.61. The van der Waals surface area contributed by atoms with E-state index in [-0.39, 0.29) is 17.1 Å². The number of carbonyl (C=O) groups excluding carboxylic acids is 2. The van der Waals surface area contributed by atoms with Gasteiger partial charge in [0.15, 0.2) is 5.16 Å². The van der Waals surface area contributed by atoms with Crippen LogP contribution < -0.4 is 10.2 Å². The molecule has 1 fully saturated rings. The van der Waals surface area contributed by atoms with Gasteiger partial charge in [-0.2, -0.15) is 13.2 Å². The van der Waals surface area contributed by atoms with Gasteiger partial charge in [0.25, 0.3) is 0 Å². The maximum absolute atomic E-state index is 13.8. The van der Waals surface area contributed by atoms with Gasteiger partial charge >= 0.3 is 6.18 Å². The molecule has 4 rings (SSSR count). The Morgan fingerprint density at radius 2 is 2.00 bits per heavy atom. The SMILES string of the molecule is CCn1c(SCC(=O)N2c3ccccc3NC(=O)C[C@H]2C(F)(F)F)nnc1C1CC1. The number of alkyl halides is 3. The van der Waals surface area contributed by atoms with Crippen molar-refractivity contribution in [3.63, 3.8) is 0 Å². The maximum atomic E-state index is 13.8. The van der Waals surface area contributed by atoms with Gasteiger partial charge in [-0.05, 0) is 31.9 Å². The molecule has 0 bridgehead atoms. The number of amides is 2. The fraction of sp³-hybridized carbons (Fsp3) is 0.474. The number of benzene rings is 1. The average Bonchev–Trinajstić information content (AvgIpc) is 3.47. The molecule has 0 spiro atoms. The molecule has 7 nitrogen and oxygen atoms in total. The standard InChI is InChI=1S/C19H20F3N5O2S/c1-2-26-17(11-7-8-11)24-25-18(26)30-10-16(29)27-13-6-4-3-5-12(13)23-15(28)9-14(27)19(20,21)22/h3-6,11,14H,2,7-10H2,1H3,(H,23,28)/t14-/m0/s1. The lowest BCUT2D eigenvalue weighted by Crippen LogP contribution is -2.50. The second-order valence-corrected chi connectivity index (χ2v) is 8.18. The highest BCUT2D eigenvalue weighted by Gasteiger charge is 2.49. The van der Waals surface area contributed by atoms with Crippen LogP contribution in [0.3, 0.4) is 0 Å². The van der Waals surface area contributed by atoms with Gasteiger partial charge in [-0.25, -0.2) is 0 Å². The number of para-hydroxylation sites is 2. The molecule has 1 N–H and O–H groups in total. The van der Waals surface area contributed by atoms with E-state index in [9.17, 15) is 22.8 Å². The number of halogens is 3. The monoisotopic (exact) mass is 439 g/mol. The molecule has 11 heteroatoms. The number of fused-ring (bicyclic) bond motifs is 1. The summed E-state index contributed by atoms with van der Waals surface area (Å²) in [6.45, 7) is 2.55. The summed E-state index contributed by atoms with van der Waals surface area (Å²) in [4.78, 5) is 25.7.